The molecule has 1 aromatic heterocycles. The van der Waals surface area contributed by atoms with E-state index in [-0.39, 0.29) is 17.4 Å². The SMILES string of the molecule is COCc1nc(C2CC3(CCN(C(=O)Cc4ccccc4C)CC3)CN2C)no1. The molecule has 1 unspecified atom stereocenters. The number of carbonyl (C=O) groups excluding carboxylic acids is 1. The van der Waals surface area contributed by atoms with Gasteiger partial charge in [0.15, 0.2) is 5.82 Å². The molecule has 1 atom stereocenters. The van der Waals surface area contributed by atoms with E-state index in [0.717, 1.165) is 50.3 Å². The molecule has 4 rings (SSSR count). The number of aryl methyl sites for hydroxylation is 1. The second kappa shape index (κ2) is 8.24. The quantitative estimate of drug-likeness (QED) is 0.771. The van der Waals surface area contributed by atoms with Gasteiger partial charge in [-0.15, -0.1) is 0 Å². The van der Waals surface area contributed by atoms with E-state index >= 15 is 0 Å². The molecule has 2 saturated heterocycles. The van der Waals surface area contributed by atoms with Crippen LogP contribution in [0.25, 0.3) is 0 Å². The minimum atomic E-state index is 0.165. The summed E-state index contributed by atoms with van der Waals surface area (Å²) in [4.78, 5) is 21.7. The number of nitrogens with zero attached hydrogens (tertiary/aromatic N) is 4. The highest BCUT2D eigenvalue weighted by atomic mass is 16.5. The summed E-state index contributed by atoms with van der Waals surface area (Å²) in [5.41, 5.74) is 2.53. The van der Waals surface area contributed by atoms with Crippen LogP contribution in [0, 0.1) is 12.3 Å². The number of carbonyl (C=O) groups is 1. The van der Waals surface area contributed by atoms with Gasteiger partial charge in [-0.2, -0.15) is 4.98 Å². The first kappa shape index (κ1) is 20.0. The summed E-state index contributed by atoms with van der Waals surface area (Å²) in [6.07, 6.45) is 3.55. The fourth-order valence-electron chi connectivity index (χ4n) is 4.82. The lowest BCUT2D eigenvalue weighted by molar-refractivity contribution is -0.132. The number of ether oxygens (including phenoxy) is 1. The Morgan fingerprint density at radius 1 is 1.31 bits per heavy atom. The monoisotopic (exact) mass is 398 g/mol. The van der Waals surface area contributed by atoms with Crippen LogP contribution in [0.4, 0.5) is 0 Å². The second-order valence-electron chi connectivity index (χ2n) is 8.60. The van der Waals surface area contributed by atoms with E-state index in [2.05, 4.69) is 41.1 Å². The van der Waals surface area contributed by atoms with Gasteiger partial charge in [-0.05, 0) is 49.8 Å². The lowest BCUT2D eigenvalue weighted by Gasteiger charge is -2.39. The molecule has 1 amide bonds. The third kappa shape index (κ3) is 4.21. The van der Waals surface area contributed by atoms with Gasteiger partial charge in [0.25, 0.3) is 5.89 Å². The van der Waals surface area contributed by atoms with Crippen LogP contribution in [-0.2, 0) is 22.6 Å². The molecule has 1 aromatic carbocycles. The number of hydrogen-bond acceptors (Lipinski definition) is 6. The summed E-state index contributed by atoms with van der Waals surface area (Å²) >= 11 is 0. The number of likely N-dealkylation sites (tertiary alicyclic amines) is 2. The maximum Gasteiger partial charge on any atom is 0.252 e. The molecule has 7 nitrogen and oxygen atoms in total. The standard InChI is InChI=1S/C22H30N4O3/c1-16-6-4-5-7-17(16)12-20(27)26-10-8-22(9-11-26)13-18(25(2)15-22)21-23-19(14-28-3)29-24-21/h4-7,18H,8-15H2,1-3H3. The van der Waals surface area contributed by atoms with Crippen LogP contribution in [0.15, 0.2) is 28.8 Å². The van der Waals surface area contributed by atoms with Gasteiger partial charge in [-0.25, -0.2) is 0 Å². The number of methoxy groups -OCH3 is 1. The highest BCUT2D eigenvalue weighted by Gasteiger charge is 2.46. The Balaban J connectivity index is 1.36. The summed E-state index contributed by atoms with van der Waals surface area (Å²) in [7, 11) is 3.75. The normalized spacial score (nSPS) is 21.8. The number of piperidine rings is 1. The van der Waals surface area contributed by atoms with Crippen molar-refractivity contribution in [2.45, 2.75) is 45.3 Å². The zero-order valence-corrected chi connectivity index (χ0v) is 17.6. The number of hydrogen-bond donors (Lipinski definition) is 0. The van der Waals surface area contributed by atoms with Crippen LogP contribution < -0.4 is 0 Å². The van der Waals surface area contributed by atoms with Gasteiger partial charge in [-0.1, -0.05) is 29.4 Å². The molecule has 0 bridgehead atoms. The average molecular weight is 399 g/mol. The van der Waals surface area contributed by atoms with Gasteiger partial charge in [0.1, 0.15) is 6.61 Å². The molecule has 2 aromatic rings. The minimum Gasteiger partial charge on any atom is -0.375 e. The molecule has 3 heterocycles. The summed E-state index contributed by atoms with van der Waals surface area (Å²) in [6, 6.07) is 8.31. The van der Waals surface area contributed by atoms with Crippen LogP contribution in [0.1, 0.15) is 48.1 Å². The average Bonchev–Trinajstić information content (AvgIpc) is 3.29. The summed E-state index contributed by atoms with van der Waals surface area (Å²) in [5.74, 6) is 1.50. The molecular formula is C22H30N4O3. The fraction of sp³-hybridized carbons (Fsp3) is 0.591. The molecule has 0 aliphatic carbocycles. The zero-order valence-electron chi connectivity index (χ0n) is 17.6. The molecular weight excluding hydrogens is 368 g/mol. The number of amides is 1. The molecule has 2 fully saturated rings. The molecule has 1 spiro atoms. The molecule has 29 heavy (non-hydrogen) atoms. The Labute approximate surface area is 172 Å². The molecule has 2 aliphatic rings. The zero-order chi connectivity index (χ0) is 20.4. The first-order chi connectivity index (χ1) is 14.0. The Bertz CT molecular complexity index is 857. The predicted octanol–water partition coefficient (Wildman–Crippen LogP) is 2.75. The largest absolute Gasteiger partial charge is 0.375 e. The molecule has 7 heteroatoms. The van der Waals surface area contributed by atoms with Crippen molar-refractivity contribution in [3.63, 3.8) is 0 Å². The highest BCUT2D eigenvalue weighted by Crippen LogP contribution is 2.47. The van der Waals surface area contributed by atoms with Crippen LogP contribution >= 0.6 is 0 Å². The minimum absolute atomic E-state index is 0.165. The van der Waals surface area contributed by atoms with Crippen LogP contribution in [0.2, 0.25) is 0 Å². The maximum atomic E-state index is 12.8. The van der Waals surface area contributed by atoms with Crippen molar-refractivity contribution in [1.82, 2.24) is 19.9 Å². The van der Waals surface area contributed by atoms with E-state index in [1.807, 2.05) is 17.0 Å². The van der Waals surface area contributed by atoms with Crippen molar-refractivity contribution in [2.75, 3.05) is 33.8 Å². The lowest BCUT2D eigenvalue weighted by atomic mass is 9.76. The van der Waals surface area contributed by atoms with E-state index in [1.54, 1.807) is 7.11 Å². The van der Waals surface area contributed by atoms with Crippen molar-refractivity contribution >= 4 is 5.91 Å². The summed E-state index contributed by atoms with van der Waals surface area (Å²) < 4.78 is 10.4. The van der Waals surface area contributed by atoms with Crippen molar-refractivity contribution < 1.29 is 14.1 Å². The Kier molecular flexibility index (Phi) is 5.69. The Morgan fingerprint density at radius 3 is 2.79 bits per heavy atom. The lowest BCUT2D eigenvalue weighted by Crippen LogP contribution is -2.44. The second-order valence-corrected chi connectivity index (χ2v) is 8.60. The van der Waals surface area contributed by atoms with Gasteiger partial charge < -0.3 is 14.2 Å². The number of benzene rings is 1. The van der Waals surface area contributed by atoms with E-state index in [0.29, 0.717) is 18.9 Å². The molecule has 0 saturated carbocycles. The number of aromatic nitrogens is 2. The number of rotatable bonds is 5. The molecule has 156 valence electrons. The highest BCUT2D eigenvalue weighted by molar-refractivity contribution is 5.79. The predicted molar refractivity (Wildman–Crippen MR) is 108 cm³/mol. The van der Waals surface area contributed by atoms with Gasteiger partial charge in [0.05, 0.1) is 12.5 Å². The van der Waals surface area contributed by atoms with Crippen LogP contribution in [0.3, 0.4) is 0 Å². The van der Waals surface area contributed by atoms with Crippen molar-refractivity contribution in [2.24, 2.45) is 5.41 Å². The van der Waals surface area contributed by atoms with Gasteiger partial charge >= 0.3 is 0 Å². The first-order valence-corrected chi connectivity index (χ1v) is 10.3. The van der Waals surface area contributed by atoms with Gasteiger partial charge in [0.2, 0.25) is 5.91 Å². The van der Waals surface area contributed by atoms with E-state index in [1.165, 1.54) is 5.56 Å². The van der Waals surface area contributed by atoms with E-state index in [9.17, 15) is 4.79 Å². The van der Waals surface area contributed by atoms with Crippen molar-refractivity contribution in [3.05, 3.63) is 47.1 Å². The van der Waals surface area contributed by atoms with Gasteiger partial charge in [0, 0.05) is 26.7 Å². The van der Waals surface area contributed by atoms with Gasteiger partial charge in [-0.3, -0.25) is 9.69 Å². The third-order valence-corrected chi connectivity index (χ3v) is 6.57. The van der Waals surface area contributed by atoms with Crippen molar-refractivity contribution in [3.8, 4) is 0 Å². The third-order valence-electron chi connectivity index (χ3n) is 6.57. The topological polar surface area (TPSA) is 71.7 Å². The van der Waals surface area contributed by atoms with Crippen LogP contribution in [-0.4, -0.2) is 59.6 Å². The van der Waals surface area contributed by atoms with E-state index < -0.39 is 0 Å². The smallest absolute Gasteiger partial charge is 0.252 e. The summed E-state index contributed by atoms with van der Waals surface area (Å²) in [6.45, 7) is 5.06. The molecule has 0 N–H and O–H groups in total. The first-order valence-electron chi connectivity index (χ1n) is 10.3. The molecule has 2 aliphatic heterocycles. The Morgan fingerprint density at radius 2 is 2.07 bits per heavy atom. The Hall–Kier alpha value is -2.25. The van der Waals surface area contributed by atoms with Crippen molar-refractivity contribution in [1.29, 1.82) is 0 Å². The summed E-state index contributed by atoms with van der Waals surface area (Å²) in [5, 5.41) is 4.17. The molecule has 0 radical (unpaired) electrons. The fourth-order valence-corrected chi connectivity index (χ4v) is 4.82. The van der Waals surface area contributed by atoms with E-state index in [4.69, 9.17) is 9.26 Å². The maximum absolute atomic E-state index is 12.8. The van der Waals surface area contributed by atoms with Crippen LogP contribution in [0.5, 0.6) is 0 Å².